The highest BCUT2D eigenvalue weighted by Gasteiger charge is 2.52. The van der Waals surface area contributed by atoms with Gasteiger partial charge in [-0.3, -0.25) is 4.79 Å². The maximum Gasteiger partial charge on any atom is 0.461 e. The molecule has 0 aliphatic carbocycles. The van der Waals surface area contributed by atoms with Gasteiger partial charge in [0.1, 0.15) is 0 Å². The minimum absolute atomic E-state index is 0.00638. The zero-order valence-corrected chi connectivity index (χ0v) is 15.9. The summed E-state index contributed by atoms with van der Waals surface area (Å²) in [6, 6.07) is 0. The van der Waals surface area contributed by atoms with Crippen LogP contribution in [0.25, 0.3) is 0 Å². The van der Waals surface area contributed by atoms with Crippen molar-refractivity contribution in [2.75, 3.05) is 6.61 Å². The van der Waals surface area contributed by atoms with Crippen LogP contribution in [0.1, 0.15) is 86.5 Å². The average Bonchev–Trinajstić information content (AvgIpc) is 2.66. The highest BCUT2D eigenvalue weighted by Crippen LogP contribution is 2.40. The van der Waals surface area contributed by atoms with Gasteiger partial charge < -0.3 is 14.0 Å². The molecule has 1 aliphatic rings. The van der Waals surface area contributed by atoms with Crippen molar-refractivity contribution in [1.29, 1.82) is 0 Å². The third-order valence-corrected chi connectivity index (χ3v) is 4.99. The quantitative estimate of drug-likeness (QED) is 0.330. The second kappa shape index (κ2) is 9.07. The Labute approximate surface area is 142 Å². The minimum Gasteiger partial charge on any atom is -0.466 e. The first-order valence-corrected chi connectivity index (χ1v) is 9.21. The fourth-order valence-corrected chi connectivity index (χ4v) is 2.61. The molecule has 134 valence electrons. The molecule has 1 atom stereocenters. The van der Waals surface area contributed by atoms with E-state index in [4.69, 9.17) is 14.0 Å². The lowest BCUT2D eigenvalue weighted by Gasteiger charge is -2.32. The first kappa shape index (κ1) is 20.5. The van der Waals surface area contributed by atoms with Crippen LogP contribution >= 0.6 is 0 Å². The van der Waals surface area contributed by atoms with Crippen LogP contribution in [0.15, 0.2) is 0 Å². The smallest absolute Gasteiger partial charge is 0.461 e. The SMILES string of the molecule is CCCCCCCCOC(=O)C[C@H](C)B1OC(C)(C)C(C)(C)O1. The fraction of sp³-hybridized carbons (Fsp3) is 0.944. The van der Waals surface area contributed by atoms with Crippen molar-refractivity contribution in [3.63, 3.8) is 0 Å². The van der Waals surface area contributed by atoms with E-state index in [-0.39, 0.29) is 30.1 Å². The van der Waals surface area contributed by atoms with E-state index in [9.17, 15) is 4.79 Å². The Morgan fingerprint density at radius 1 is 1.00 bits per heavy atom. The van der Waals surface area contributed by atoms with Gasteiger partial charge in [-0.25, -0.2) is 0 Å². The third-order valence-electron chi connectivity index (χ3n) is 4.99. The second-order valence-electron chi connectivity index (χ2n) is 7.79. The molecule has 0 saturated carbocycles. The summed E-state index contributed by atoms with van der Waals surface area (Å²) in [5, 5.41) is 0. The summed E-state index contributed by atoms with van der Waals surface area (Å²) in [5.41, 5.74) is -0.706. The maximum atomic E-state index is 11.9. The van der Waals surface area contributed by atoms with Crippen LogP contribution in [0.2, 0.25) is 5.82 Å². The van der Waals surface area contributed by atoms with Gasteiger partial charge in [0, 0.05) is 12.2 Å². The van der Waals surface area contributed by atoms with Crippen molar-refractivity contribution in [3.8, 4) is 0 Å². The summed E-state index contributed by atoms with van der Waals surface area (Å²) in [6.45, 7) is 12.8. The van der Waals surface area contributed by atoms with E-state index >= 15 is 0 Å². The molecule has 4 nitrogen and oxygen atoms in total. The van der Waals surface area contributed by atoms with Crippen LogP contribution in [0.4, 0.5) is 0 Å². The first-order chi connectivity index (χ1) is 10.7. The maximum absolute atomic E-state index is 11.9. The molecule has 1 fully saturated rings. The molecule has 0 aromatic heterocycles. The van der Waals surface area contributed by atoms with Gasteiger partial charge in [0.05, 0.1) is 17.8 Å². The summed E-state index contributed by atoms with van der Waals surface area (Å²) in [6.07, 6.45) is 7.50. The second-order valence-corrected chi connectivity index (χ2v) is 7.79. The molecule has 0 aromatic rings. The fourth-order valence-electron chi connectivity index (χ4n) is 2.61. The number of rotatable bonds is 10. The molecule has 23 heavy (non-hydrogen) atoms. The van der Waals surface area contributed by atoms with E-state index in [1.807, 2.05) is 34.6 Å². The molecular weight excluding hydrogens is 291 g/mol. The summed E-state index contributed by atoms with van der Waals surface area (Å²) < 4.78 is 17.3. The Hall–Kier alpha value is -0.545. The van der Waals surface area contributed by atoms with Crippen LogP contribution in [0, 0.1) is 0 Å². The normalized spacial score (nSPS) is 20.5. The summed E-state index contributed by atoms with van der Waals surface area (Å²) in [7, 11) is -0.346. The number of unbranched alkanes of at least 4 members (excludes halogenated alkanes) is 5. The van der Waals surface area contributed by atoms with Crippen LogP contribution in [0.3, 0.4) is 0 Å². The van der Waals surface area contributed by atoms with Gasteiger partial charge in [-0.2, -0.15) is 0 Å². The van der Waals surface area contributed by atoms with Crippen molar-refractivity contribution < 1.29 is 18.8 Å². The van der Waals surface area contributed by atoms with Gasteiger partial charge in [-0.1, -0.05) is 46.0 Å². The summed E-state index contributed by atoms with van der Waals surface area (Å²) in [5.74, 6) is -0.158. The molecular formula is C18H35BO4. The van der Waals surface area contributed by atoms with Gasteiger partial charge in [0.15, 0.2) is 0 Å². The lowest BCUT2D eigenvalue weighted by molar-refractivity contribution is -0.143. The lowest BCUT2D eigenvalue weighted by Crippen LogP contribution is -2.41. The van der Waals surface area contributed by atoms with Crippen molar-refractivity contribution in [2.45, 2.75) is 104 Å². The van der Waals surface area contributed by atoms with Gasteiger partial charge in [0.25, 0.3) is 0 Å². The third kappa shape index (κ3) is 6.46. The molecule has 5 heteroatoms. The van der Waals surface area contributed by atoms with E-state index in [1.165, 1.54) is 25.7 Å². The molecule has 1 heterocycles. The highest BCUT2D eigenvalue weighted by atomic mass is 16.7. The predicted octanol–water partition coefficient (Wildman–Crippen LogP) is 4.76. The lowest BCUT2D eigenvalue weighted by atomic mass is 9.71. The minimum atomic E-state index is -0.353. The Balaban J connectivity index is 2.20. The first-order valence-electron chi connectivity index (χ1n) is 9.21. The van der Waals surface area contributed by atoms with E-state index in [0.717, 1.165) is 12.8 Å². The molecule has 0 unspecified atom stereocenters. The number of hydrogen-bond acceptors (Lipinski definition) is 4. The van der Waals surface area contributed by atoms with Crippen LogP contribution < -0.4 is 0 Å². The molecule has 0 bridgehead atoms. The highest BCUT2D eigenvalue weighted by molar-refractivity contribution is 6.47. The molecule has 1 rings (SSSR count). The zero-order chi connectivity index (χ0) is 17.5. The predicted molar refractivity (Wildman–Crippen MR) is 94.5 cm³/mol. The average molecular weight is 326 g/mol. The molecule has 0 aromatic carbocycles. The summed E-state index contributed by atoms with van der Waals surface area (Å²) >= 11 is 0. The monoisotopic (exact) mass is 326 g/mol. The number of hydrogen-bond donors (Lipinski definition) is 0. The van der Waals surface area contributed by atoms with E-state index in [1.54, 1.807) is 0 Å². The van der Waals surface area contributed by atoms with E-state index in [0.29, 0.717) is 13.0 Å². The molecule has 0 radical (unpaired) electrons. The Kier molecular flexibility index (Phi) is 8.09. The Morgan fingerprint density at radius 3 is 2.09 bits per heavy atom. The van der Waals surface area contributed by atoms with Crippen LogP contribution in [0.5, 0.6) is 0 Å². The van der Waals surface area contributed by atoms with E-state index in [2.05, 4.69) is 6.92 Å². The van der Waals surface area contributed by atoms with Gasteiger partial charge >= 0.3 is 13.1 Å². The van der Waals surface area contributed by atoms with Crippen molar-refractivity contribution in [1.82, 2.24) is 0 Å². The topological polar surface area (TPSA) is 44.8 Å². The largest absolute Gasteiger partial charge is 0.466 e. The Morgan fingerprint density at radius 2 is 1.52 bits per heavy atom. The van der Waals surface area contributed by atoms with Gasteiger partial charge in [0.2, 0.25) is 0 Å². The van der Waals surface area contributed by atoms with Gasteiger partial charge in [-0.15, -0.1) is 0 Å². The van der Waals surface area contributed by atoms with Crippen LogP contribution in [-0.4, -0.2) is 30.9 Å². The number of carbonyl (C=O) groups is 1. The standard InChI is InChI=1S/C18H35BO4/c1-7-8-9-10-11-12-13-21-16(20)14-15(2)19-22-17(3,4)18(5,6)23-19/h15H,7-14H2,1-6H3/t15-/m0/s1. The van der Waals surface area contributed by atoms with E-state index < -0.39 is 0 Å². The summed E-state index contributed by atoms with van der Waals surface area (Å²) in [4.78, 5) is 11.9. The molecule has 1 aliphatic heterocycles. The molecule has 0 spiro atoms. The molecule has 0 amide bonds. The Bertz CT molecular complexity index is 352. The van der Waals surface area contributed by atoms with Crippen molar-refractivity contribution >= 4 is 13.1 Å². The van der Waals surface area contributed by atoms with Gasteiger partial charge in [-0.05, 0) is 34.1 Å². The zero-order valence-electron chi connectivity index (χ0n) is 15.9. The molecule has 0 N–H and O–H groups in total. The number of esters is 1. The van der Waals surface area contributed by atoms with Crippen molar-refractivity contribution in [2.24, 2.45) is 0 Å². The number of carbonyl (C=O) groups excluding carboxylic acids is 1. The van der Waals surface area contributed by atoms with Crippen molar-refractivity contribution in [3.05, 3.63) is 0 Å². The van der Waals surface area contributed by atoms with Crippen LogP contribution in [-0.2, 0) is 18.8 Å². The number of ether oxygens (including phenoxy) is 1. The molecule has 1 saturated heterocycles.